The number of nitrogens with zero attached hydrogens (tertiary/aromatic N) is 4. The maximum absolute atomic E-state index is 14.6. The van der Waals surface area contributed by atoms with E-state index in [9.17, 15) is 27.6 Å². The summed E-state index contributed by atoms with van der Waals surface area (Å²) < 4.78 is 53.2. The summed E-state index contributed by atoms with van der Waals surface area (Å²) in [6.45, 7) is -0.250. The van der Waals surface area contributed by atoms with Gasteiger partial charge in [0.05, 0.1) is 5.69 Å². The Morgan fingerprint density at radius 2 is 1.97 bits per heavy atom. The molecule has 0 atom stereocenters. The average Bonchev–Trinajstić information content (AvgIpc) is 2.72. The van der Waals surface area contributed by atoms with Crippen molar-refractivity contribution in [2.75, 3.05) is 6.61 Å². The Hall–Kier alpha value is -3.87. The molecular formula is C19H14ClF3N4O6. The Morgan fingerprint density at radius 3 is 2.61 bits per heavy atom. The van der Waals surface area contributed by atoms with Crippen molar-refractivity contribution in [2.24, 2.45) is 7.05 Å². The SMILES string of the molecule is Cn1c(C(C)(F)F)cc(=O)n(-c2nc(Oc3cccnc3OCC(=O)O)c(Cl)cc2F)c1=O. The van der Waals surface area contributed by atoms with E-state index in [0.717, 1.165) is 7.05 Å². The van der Waals surface area contributed by atoms with Crippen LogP contribution in [0.15, 0.2) is 40.1 Å². The van der Waals surface area contributed by atoms with Gasteiger partial charge in [-0.1, -0.05) is 11.6 Å². The van der Waals surface area contributed by atoms with Gasteiger partial charge in [0, 0.05) is 32.3 Å². The highest BCUT2D eigenvalue weighted by Gasteiger charge is 2.30. The highest BCUT2D eigenvalue weighted by molar-refractivity contribution is 6.31. The third-order valence-corrected chi connectivity index (χ3v) is 4.41. The molecule has 0 unspecified atom stereocenters. The first-order chi connectivity index (χ1) is 15.4. The molecule has 3 heterocycles. The Labute approximate surface area is 187 Å². The summed E-state index contributed by atoms with van der Waals surface area (Å²) in [5.41, 5.74) is -3.43. The second-order valence-electron chi connectivity index (χ2n) is 6.61. The van der Waals surface area contributed by atoms with E-state index in [0.29, 0.717) is 23.6 Å². The number of alkyl halides is 2. The molecule has 0 saturated carbocycles. The van der Waals surface area contributed by atoms with Gasteiger partial charge in [-0.3, -0.25) is 9.36 Å². The number of carboxylic acid groups (broad SMARTS) is 1. The number of carboxylic acids is 1. The third kappa shape index (κ3) is 4.98. The fourth-order valence-electron chi connectivity index (χ4n) is 2.71. The molecule has 3 aromatic rings. The number of pyridine rings is 2. The summed E-state index contributed by atoms with van der Waals surface area (Å²) in [5.74, 6) is -7.79. The molecule has 14 heteroatoms. The minimum absolute atomic E-state index is 0.160. The largest absolute Gasteiger partial charge is 0.479 e. The maximum Gasteiger partial charge on any atom is 0.341 e. The molecule has 0 fully saturated rings. The summed E-state index contributed by atoms with van der Waals surface area (Å²) in [5, 5.41) is 8.37. The van der Waals surface area contributed by atoms with Crippen LogP contribution in [-0.2, 0) is 17.8 Å². The van der Waals surface area contributed by atoms with E-state index in [4.69, 9.17) is 26.2 Å². The van der Waals surface area contributed by atoms with E-state index in [-0.39, 0.29) is 21.2 Å². The van der Waals surface area contributed by atoms with Gasteiger partial charge < -0.3 is 14.6 Å². The van der Waals surface area contributed by atoms with Crippen molar-refractivity contribution in [3.8, 4) is 23.3 Å². The van der Waals surface area contributed by atoms with Gasteiger partial charge >= 0.3 is 11.7 Å². The van der Waals surface area contributed by atoms with Crippen molar-refractivity contribution in [1.82, 2.24) is 19.1 Å². The van der Waals surface area contributed by atoms with E-state index in [1.807, 2.05) is 0 Å². The lowest BCUT2D eigenvalue weighted by molar-refractivity contribution is -0.139. The maximum atomic E-state index is 14.6. The van der Waals surface area contributed by atoms with Crippen LogP contribution < -0.4 is 20.7 Å². The molecule has 0 aromatic carbocycles. The number of aromatic nitrogens is 4. The zero-order chi connectivity index (χ0) is 24.5. The fraction of sp³-hybridized carbons (Fsp3) is 0.211. The standard InChI is InChI=1S/C19H14ClF3N4O6/c1-19(22,23)12-7-13(28)27(18(31)26(12)2)15-10(21)6-9(20)16(25-15)33-11-4-3-5-24-17(11)32-8-14(29)30/h3-7H,8H2,1-2H3,(H,29,30). The van der Waals surface area contributed by atoms with Gasteiger partial charge in [-0.2, -0.15) is 4.98 Å². The summed E-state index contributed by atoms with van der Waals surface area (Å²) in [6.07, 6.45) is 1.28. The average molecular weight is 487 g/mol. The molecule has 174 valence electrons. The van der Waals surface area contributed by atoms with Crippen molar-refractivity contribution in [2.45, 2.75) is 12.8 Å². The zero-order valence-corrected chi connectivity index (χ0v) is 17.6. The van der Waals surface area contributed by atoms with Crippen LogP contribution >= 0.6 is 11.6 Å². The Kier molecular flexibility index (Phi) is 6.44. The first kappa shape index (κ1) is 23.8. The molecule has 0 aliphatic heterocycles. The van der Waals surface area contributed by atoms with Gasteiger partial charge in [-0.15, -0.1) is 0 Å². The van der Waals surface area contributed by atoms with Crippen LogP contribution in [0.3, 0.4) is 0 Å². The number of ether oxygens (including phenoxy) is 2. The van der Waals surface area contributed by atoms with E-state index < -0.39 is 53.0 Å². The smallest absolute Gasteiger partial charge is 0.341 e. The molecule has 1 N–H and O–H groups in total. The zero-order valence-electron chi connectivity index (χ0n) is 16.9. The highest BCUT2D eigenvalue weighted by Crippen LogP contribution is 2.33. The van der Waals surface area contributed by atoms with Crippen LogP contribution in [0, 0.1) is 5.82 Å². The van der Waals surface area contributed by atoms with Crippen molar-refractivity contribution < 1.29 is 32.5 Å². The molecule has 3 rings (SSSR count). The van der Waals surface area contributed by atoms with Gasteiger partial charge in [0.15, 0.2) is 24.0 Å². The third-order valence-electron chi connectivity index (χ3n) is 4.14. The van der Waals surface area contributed by atoms with Crippen molar-refractivity contribution in [3.63, 3.8) is 0 Å². The van der Waals surface area contributed by atoms with Crippen LogP contribution in [0.2, 0.25) is 5.02 Å². The number of hydrogen-bond acceptors (Lipinski definition) is 7. The number of halogens is 4. The van der Waals surface area contributed by atoms with Gasteiger partial charge in [0.1, 0.15) is 5.02 Å². The topological polar surface area (TPSA) is 126 Å². The number of carbonyl (C=O) groups is 1. The van der Waals surface area contributed by atoms with Crippen LogP contribution in [0.25, 0.3) is 5.82 Å². The Balaban J connectivity index is 2.12. The molecular weight excluding hydrogens is 473 g/mol. The molecule has 0 aliphatic rings. The van der Waals surface area contributed by atoms with Gasteiger partial charge in [-0.05, 0) is 12.1 Å². The minimum atomic E-state index is -3.51. The summed E-state index contributed by atoms with van der Waals surface area (Å²) in [4.78, 5) is 43.3. The van der Waals surface area contributed by atoms with Crippen molar-refractivity contribution in [1.29, 1.82) is 0 Å². The predicted octanol–water partition coefficient (Wildman–Crippen LogP) is 2.49. The van der Waals surface area contributed by atoms with E-state index in [2.05, 4.69) is 9.97 Å². The Morgan fingerprint density at radius 1 is 1.27 bits per heavy atom. The number of rotatable bonds is 7. The monoisotopic (exact) mass is 486 g/mol. The van der Waals surface area contributed by atoms with Crippen LogP contribution in [0.1, 0.15) is 12.6 Å². The number of hydrogen-bond donors (Lipinski definition) is 1. The van der Waals surface area contributed by atoms with Crippen molar-refractivity contribution >= 4 is 17.6 Å². The lowest BCUT2D eigenvalue weighted by Crippen LogP contribution is -2.41. The van der Waals surface area contributed by atoms with E-state index >= 15 is 0 Å². The second-order valence-corrected chi connectivity index (χ2v) is 7.01. The van der Waals surface area contributed by atoms with Crippen molar-refractivity contribution in [3.05, 3.63) is 67.8 Å². The van der Waals surface area contributed by atoms with Crippen LogP contribution in [-0.4, -0.2) is 36.8 Å². The van der Waals surface area contributed by atoms with Crippen LogP contribution in [0.5, 0.6) is 17.5 Å². The van der Waals surface area contributed by atoms with Gasteiger partial charge in [-0.25, -0.2) is 32.3 Å². The lowest BCUT2D eigenvalue weighted by Gasteiger charge is -2.17. The predicted molar refractivity (Wildman–Crippen MR) is 107 cm³/mol. The van der Waals surface area contributed by atoms with E-state index in [1.54, 1.807) is 0 Å². The number of aliphatic carboxylic acids is 1. The molecule has 10 nitrogen and oxygen atoms in total. The Bertz CT molecular complexity index is 1350. The first-order valence-corrected chi connectivity index (χ1v) is 9.33. The van der Waals surface area contributed by atoms with E-state index in [1.165, 1.54) is 18.3 Å². The molecule has 0 saturated heterocycles. The molecule has 0 amide bonds. The second kappa shape index (κ2) is 8.94. The molecule has 0 spiro atoms. The fourth-order valence-corrected chi connectivity index (χ4v) is 2.88. The minimum Gasteiger partial charge on any atom is -0.479 e. The quantitative estimate of drug-likeness (QED) is 0.540. The first-order valence-electron chi connectivity index (χ1n) is 8.95. The molecule has 3 aromatic heterocycles. The van der Waals surface area contributed by atoms with Gasteiger partial charge in [0.2, 0.25) is 5.88 Å². The summed E-state index contributed by atoms with van der Waals surface area (Å²) in [6, 6.07) is 3.90. The molecule has 0 aliphatic carbocycles. The van der Waals surface area contributed by atoms with Crippen LogP contribution in [0.4, 0.5) is 13.2 Å². The summed E-state index contributed by atoms with van der Waals surface area (Å²) >= 11 is 5.96. The molecule has 0 radical (unpaired) electrons. The molecule has 0 bridgehead atoms. The summed E-state index contributed by atoms with van der Waals surface area (Å²) in [7, 11) is 0.984. The lowest BCUT2D eigenvalue weighted by atomic mass is 10.2. The molecule has 33 heavy (non-hydrogen) atoms. The highest BCUT2D eigenvalue weighted by atomic mass is 35.5. The van der Waals surface area contributed by atoms with Gasteiger partial charge in [0.25, 0.3) is 17.4 Å². The normalized spacial score (nSPS) is 11.3.